The van der Waals surface area contributed by atoms with Crippen LogP contribution in [0.25, 0.3) is 22.2 Å². The zero-order valence-electron chi connectivity index (χ0n) is 16.6. The highest BCUT2D eigenvalue weighted by Gasteiger charge is 2.17. The second kappa shape index (κ2) is 8.44. The van der Waals surface area contributed by atoms with Gasteiger partial charge in [-0.2, -0.15) is 0 Å². The van der Waals surface area contributed by atoms with E-state index >= 15 is 0 Å². The van der Waals surface area contributed by atoms with Crippen LogP contribution < -0.4 is 5.32 Å². The first kappa shape index (κ1) is 19.7. The van der Waals surface area contributed by atoms with Crippen molar-refractivity contribution in [1.29, 1.82) is 0 Å². The van der Waals surface area contributed by atoms with E-state index in [1.54, 1.807) is 6.07 Å². The summed E-state index contributed by atoms with van der Waals surface area (Å²) in [6.07, 6.45) is 6.95. The lowest BCUT2D eigenvalue weighted by molar-refractivity contribution is 0.0616. The SMILES string of the molecule is O=C(Nc1cc(-c2ccc3ncn(CC4CCOCC4)c3c2)c(Cl)cn1)c1c[nH]nn1. The van der Waals surface area contributed by atoms with Crippen molar-refractivity contribution < 1.29 is 9.53 Å². The Bertz CT molecular complexity index is 1220. The summed E-state index contributed by atoms with van der Waals surface area (Å²) < 4.78 is 7.67. The molecule has 0 radical (unpaired) electrons. The van der Waals surface area contributed by atoms with Crippen molar-refractivity contribution in [3.8, 4) is 11.1 Å². The number of ether oxygens (including phenoxy) is 1. The normalized spacial score (nSPS) is 14.7. The molecule has 1 aliphatic rings. The van der Waals surface area contributed by atoms with E-state index in [4.69, 9.17) is 16.3 Å². The number of benzene rings is 1. The largest absolute Gasteiger partial charge is 0.381 e. The number of nitrogens with zero attached hydrogens (tertiary/aromatic N) is 5. The highest BCUT2D eigenvalue weighted by atomic mass is 35.5. The molecule has 0 aliphatic carbocycles. The Hall–Kier alpha value is -3.30. The molecular formula is C21H20ClN7O2. The first-order valence-electron chi connectivity index (χ1n) is 10.0. The Morgan fingerprint density at radius 2 is 2.13 bits per heavy atom. The van der Waals surface area contributed by atoms with Crippen molar-refractivity contribution in [2.75, 3.05) is 18.5 Å². The van der Waals surface area contributed by atoms with Gasteiger partial charge in [0.25, 0.3) is 5.91 Å². The van der Waals surface area contributed by atoms with E-state index < -0.39 is 5.91 Å². The summed E-state index contributed by atoms with van der Waals surface area (Å²) in [4.78, 5) is 21.0. The van der Waals surface area contributed by atoms with E-state index in [0.29, 0.717) is 16.8 Å². The number of H-pyrrole nitrogens is 1. The van der Waals surface area contributed by atoms with Crippen molar-refractivity contribution in [3.05, 3.63) is 53.7 Å². The molecular weight excluding hydrogens is 418 g/mol. The van der Waals surface area contributed by atoms with E-state index in [1.807, 2.05) is 18.5 Å². The van der Waals surface area contributed by atoms with Gasteiger partial charge in [0.15, 0.2) is 5.69 Å². The van der Waals surface area contributed by atoms with Crippen LogP contribution in [0.4, 0.5) is 5.82 Å². The molecule has 4 aromatic rings. The number of amides is 1. The number of pyridine rings is 1. The van der Waals surface area contributed by atoms with E-state index in [1.165, 1.54) is 12.4 Å². The lowest BCUT2D eigenvalue weighted by Gasteiger charge is -2.22. The van der Waals surface area contributed by atoms with Gasteiger partial charge in [0.2, 0.25) is 0 Å². The molecule has 1 amide bonds. The third-order valence-corrected chi connectivity index (χ3v) is 5.78. The molecule has 1 aliphatic heterocycles. The molecule has 0 saturated carbocycles. The van der Waals surface area contributed by atoms with Gasteiger partial charge in [0, 0.05) is 31.5 Å². The van der Waals surface area contributed by atoms with Crippen LogP contribution in [0.2, 0.25) is 5.02 Å². The first-order valence-corrected chi connectivity index (χ1v) is 10.4. The minimum Gasteiger partial charge on any atom is -0.381 e. The van der Waals surface area contributed by atoms with Gasteiger partial charge < -0.3 is 14.6 Å². The van der Waals surface area contributed by atoms with E-state index in [9.17, 15) is 4.79 Å². The molecule has 0 atom stereocenters. The predicted octanol–water partition coefficient (Wildman–Crippen LogP) is 3.55. The summed E-state index contributed by atoms with van der Waals surface area (Å²) in [5, 5.41) is 13.0. The second-order valence-electron chi connectivity index (χ2n) is 7.52. The fraction of sp³-hybridized carbons (Fsp3) is 0.286. The van der Waals surface area contributed by atoms with Gasteiger partial charge >= 0.3 is 0 Å². The zero-order chi connectivity index (χ0) is 21.2. The Kier molecular flexibility index (Phi) is 5.35. The number of fused-ring (bicyclic) bond motifs is 1. The molecule has 4 heterocycles. The molecule has 5 rings (SSSR count). The Morgan fingerprint density at radius 1 is 1.26 bits per heavy atom. The maximum absolute atomic E-state index is 12.3. The smallest absolute Gasteiger partial charge is 0.278 e. The van der Waals surface area contributed by atoms with Crippen LogP contribution in [0, 0.1) is 5.92 Å². The molecule has 3 aromatic heterocycles. The number of nitrogens with one attached hydrogen (secondary N) is 2. The van der Waals surface area contributed by atoms with Crippen molar-refractivity contribution in [2.45, 2.75) is 19.4 Å². The minimum absolute atomic E-state index is 0.178. The van der Waals surface area contributed by atoms with Crippen LogP contribution in [0.3, 0.4) is 0 Å². The average Bonchev–Trinajstić information content (AvgIpc) is 3.46. The van der Waals surface area contributed by atoms with Gasteiger partial charge in [0.05, 0.1) is 28.6 Å². The number of halogens is 1. The maximum Gasteiger partial charge on any atom is 0.278 e. The number of hydrogen-bond donors (Lipinski definition) is 2. The number of imidazole rings is 1. The fourth-order valence-corrected chi connectivity index (χ4v) is 4.01. The average molecular weight is 438 g/mol. The van der Waals surface area contributed by atoms with Crippen molar-refractivity contribution in [1.82, 2.24) is 29.9 Å². The van der Waals surface area contributed by atoms with Crippen molar-refractivity contribution in [2.24, 2.45) is 5.92 Å². The summed E-state index contributed by atoms with van der Waals surface area (Å²) in [5.74, 6) is 0.556. The number of aromatic amines is 1. The Labute approximate surface area is 182 Å². The van der Waals surface area contributed by atoms with Crippen LogP contribution in [-0.2, 0) is 11.3 Å². The summed E-state index contributed by atoms with van der Waals surface area (Å²) >= 11 is 6.45. The molecule has 2 N–H and O–H groups in total. The molecule has 1 aromatic carbocycles. The van der Waals surface area contributed by atoms with Crippen molar-refractivity contribution in [3.63, 3.8) is 0 Å². The second-order valence-corrected chi connectivity index (χ2v) is 7.93. The maximum atomic E-state index is 12.3. The van der Waals surface area contributed by atoms with Crippen LogP contribution in [0.15, 0.2) is 43.0 Å². The van der Waals surface area contributed by atoms with E-state index in [-0.39, 0.29) is 5.69 Å². The van der Waals surface area contributed by atoms with Crippen LogP contribution >= 0.6 is 11.6 Å². The number of rotatable bonds is 5. The summed E-state index contributed by atoms with van der Waals surface area (Å²) in [6.45, 7) is 2.54. The lowest BCUT2D eigenvalue weighted by Crippen LogP contribution is -2.20. The number of aromatic nitrogens is 6. The summed E-state index contributed by atoms with van der Waals surface area (Å²) in [5.41, 5.74) is 3.85. The zero-order valence-corrected chi connectivity index (χ0v) is 17.3. The minimum atomic E-state index is -0.403. The summed E-state index contributed by atoms with van der Waals surface area (Å²) in [6, 6.07) is 7.78. The summed E-state index contributed by atoms with van der Waals surface area (Å²) in [7, 11) is 0. The molecule has 1 fully saturated rings. The third kappa shape index (κ3) is 4.14. The topological polar surface area (TPSA) is 111 Å². The number of carbonyl (C=O) groups is 1. The molecule has 0 bridgehead atoms. The fourth-order valence-electron chi connectivity index (χ4n) is 3.80. The monoisotopic (exact) mass is 437 g/mol. The molecule has 9 nitrogen and oxygen atoms in total. The highest BCUT2D eigenvalue weighted by molar-refractivity contribution is 6.33. The van der Waals surface area contributed by atoms with Gasteiger partial charge in [-0.05, 0) is 42.5 Å². The van der Waals surface area contributed by atoms with Crippen molar-refractivity contribution >= 4 is 34.4 Å². The third-order valence-electron chi connectivity index (χ3n) is 5.47. The first-order chi connectivity index (χ1) is 15.2. The van der Waals surface area contributed by atoms with Crippen LogP contribution in [0.5, 0.6) is 0 Å². The standard InChI is InChI=1S/C21H20ClN7O2/c22-16-9-23-20(26-21(30)18-10-25-28-27-18)8-15(16)14-1-2-17-19(7-14)29(12-24-17)11-13-3-5-31-6-4-13/h1-2,7-10,12-13H,3-6,11H2,(H,23,26,30)(H,25,27,28). The van der Waals surface area contributed by atoms with Crippen LogP contribution in [0.1, 0.15) is 23.3 Å². The molecule has 0 unspecified atom stereocenters. The Morgan fingerprint density at radius 3 is 2.94 bits per heavy atom. The molecule has 1 saturated heterocycles. The highest BCUT2D eigenvalue weighted by Crippen LogP contribution is 2.32. The van der Waals surface area contributed by atoms with Crippen LogP contribution in [-0.4, -0.2) is 49.1 Å². The van der Waals surface area contributed by atoms with E-state index in [0.717, 1.165) is 54.8 Å². The number of anilines is 1. The van der Waals surface area contributed by atoms with Gasteiger partial charge in [-0.1, -0.05) is 22.9 Å². The molecule has 158 valence electrons. The Balaban J connectivity index is 1.44. The molecule has 10 heteroatoms. The quantitative estimate of drug-likeness (QED) is 0.494. The predicted molar refractivity (Wildman–Crippen MR) is 116 cm³/mol. The number of carbonyl (C=O) groups excluding carboxylic acids is 1. The van der Waals surface area contributed by atoms with Gasteiger partial charge in [-0.15, -0.1) is 5.10 Å². The van der Waals surface area contributed by atoms with Gasteiger partial charge in [0.1, 0.15) is 5.82 Å². The van der Waals surface area contributed by atoms with Gasteiger partial charge in [-0.3, -0.25) is 9.89 Å². The van der Waals surface area contributed by atoms with Gasteiger partial charge in [-0.25, -0.2) is 9.97 Å². The molecule has 0 spiro atoms. The van der Waals surface area contributed by atoms with E-state index in [2.05, 4.69) is 41.3 Å². The number of hydrogen-bond acceptors (Lipinski definition) is 6. The molecule has 31 heavy (non-hydrogen) atoms. The lowest BCUT2D eigenvalue weighted by atomic mass is 10.00.